The van der Waals surface area contributed by atoms with Gasteiger partial charge in [0.15, 0.2) is 10.8 Å². The molecule has 2 aromatic rings. The van der Waals surface area contributed by atoms with Gasteiger partial charge >= 0.3 is 11.9 Å². The smallest absolute Gasteiger partial charge is 0.357 e. The maximum absolute atomic E-state index is 12.5. The van der Waals surface area contributed by atoms with Crippen molar-refractivity contribution < 1.29 is 19.2 Å². The van der Waals surface area contributed by atoms with Gasteiger partial charge in [0.1, 0.15) is 0 Å². The Hall–Kier alpha value is -2.69. The number of hydroxylamine groups is 1. The van der Waals surface area contributed by atoms with Gasteiger partial charge in [-0.05, 0) is 30.3 Å². The summed E-state index contributed by atoms with van der Waals surface area (Å²) in [5.74, 6) is -0.0917. The Kier molecular flexibility index (Phi) is 6.16. The SMILES string of the molecule is COC(=O)C1=C2CC(N(OC(=O)c3ccccc3)SC)CN2C(c2nccs2)=NC1. The van der Waals surface area contributed by atoms with E-state index >= 15 is 0 Å². The van der Waals surface area contributed by atoms with Gasteiger partial charge in [0.05, 0.1) is 30.8 Å². The highest BCUT2D eigenvalue weighted by Gasteiger charge is 2.41. The van der Waals surface area contributed by atoms with Gasteiger partial charge in [0.2, 0.25) is 0 Å². The molecule has 4 rings (SSSR count). The minimum absolute atomic E-state index is 0.161. The van der Waals surface area contributed by atoms with E-state index in [0.717, 1.165) is 16.5 Å². The summed E-state index contributed by atoms with van der Waals surface area (Å²) in [6, 6.07) is 8.69. The molecule has 10 heteroatoms. The summed E-state index contributed by atoms with van der Waals surface area (Å²) in [6.45, 7) is 0.750. The lowest BCUT2D eigenvalue weighted by molar-refractivity contribution is -0.136. The first-order valence-corrected chi connectivity index (χ1v) is 11.3. The van der Waals surface area contributed by atoms with E-state index < -0.39 is 11.9 Å². The van der Waals surface area contributed by atoms with Crippen molar-refractivity contribution in [3.05, 3.63) is 63.7 Å². The Labute approximate surface area is 182 Å². The number of methoxy groups -OCH3 is 1. The average Bonchev–Trinajstić information content (AvgIpc) is 3.47. The van der Waals surface area contributed by atoms with Crippen LogP contribution in [0.1, 0.15) is 21.8 Å². The number of fused-ring (bicyclic) bond motifs is 1. The largest absolute Gasteiger partial charge is 0.466 e. The minimum atomic E-state index is -0.425. The maximum atomic E-state index is 12.5. The van der Waals surface area contributed by atoms with Gasteiger partial charge in [-0.15, -0.1) is 11.3 Å². The number of carbonyl (C=O) groups excluding carboxylic acids is 2. The molecule has 1 fully saturated rings. The summed E-state index contributed by atoms with van der Waals surface area (Å²) in [4.78, 5) is 41.5. The van der Waals surface area contributed by atoms with E-state index in [4.69, 9.17) is 9.57 Å². The Morgan fingerprint density at radius 3 is 2.73 bits per heavy atom. The molecule has 1 atom stereocenters. The fourth-order valence-corrected chi connectivity index (χ4v) is 4.72. The molecule has 30 heavy (non-hydrogen) atoms. The van der Waals surface area contributed by atoms with Crippen molar-refractivity contribution >= 4 is 41.1 Å². The number of nitrogens with zero attached hydrogens (tertiary/aromatic N) is 4. The van der Waals surface area contributed by atoms with Gasteiger partial charge < -0.3 is 14.5 Å². The zero-order chi connectivity index (χ0) is 21.1. The van der Waals surface area contributed by atoms with Crippen LogP contribution in [0.15, 0.2) is 58.2 Å². The first-order chi connectivity index (χ1) is 14.6. The molecule has 0 spiro atoms. The van der Waals surface area contributed by atoms with E-state index in [9.17, 15) is 9.59 Å². The van der Waals surface area contributed by atoms with Crippen LogP contribution in [-0.4, -0.2) is 64.6 Å². The van der Waals surface area contributed by atoms with Crippen LogP contribution in [0, 0.1) is 0 Å². The quantitative estimate of drug-likeness (QED) is 0.382. The molecule has 3 heterocycles. The number of rotatable bonds is 6. The van der Waals surface area contributed by atoms with Gasteiger partial charge in [-0.3, -0.25) is 4.99 Å². The van der Waals surface area contributed by atoms with Crippen LogP contribution >= 0.6 is 23.3 Å². The molecule has 0 radical (unpaired) electrons. The molecule has 1 saturated heterocycles. The van der Waals surface area contributed by atoms with E-state index in [1.54, 1.807) is 34.9 Å². The lowest BCUT2D eigenvalue weighted by atomic mass is 10.1. The van der Waals surface area contributed by atoms with E-state index in [1.807, 2.05) is 22.6 Å². The number of amidine groups is 1. The number of thiazole rings is 1. The standard InChI is InChI=1S/C20H20N4O4S2/c1-27-20(26)15-11-22-17(18-21-8-9-30-18)23-12-14(10-16(15)23)24(29-2)28-19(25)13-6-4-3-5-7-13/h3-9,14H,10-12H2,1-2H3. The average molecular weight is 445 g/mol. The second-order valence-corrected chi connectivity index (χ2v) is 8.19. The first kappa shape index (κ1) is 20.6. The molecule has 0 bridgehead atoms. The van der Waals surface area contributed by atoms with Crippen molar-refractivity contribution in [3.63, 3.8) is 0 Å². The molecule has 0 aliphatic carbocycles. The van der Waals surface area contributed by atoms with Crippen molar-refractivity contribution in [1.29, 1.82) is 0 Å². The Morgan fingerprint density at radius 2 is 2.07 bits per heavy atom. The highest BCUT2D eigenvalue weighted by molar-refractivity contribution is 7.96. The monoisotopic (exact) mass is 444 g/mol. The number of esters is 1. The Morgan fingerprint density at radius 1 is 1.27 bits per heavy atom. The number of carbonyl (C=O) groups is 2. The molecular formula is C20H20N4O4S2. The molecule has 0 saturated carbocycles. The predicted molar refractivity (Wildman–Crippen MR) is 115 cm³/mol. The highest BCUT2D eigenvalue weighted by Crippen LogP contribution is 2.35. The van der Waals surface area contributed by atoms with Crippen LogP contribution in [-0.2, 0) is 14.4 Å². The zero-order valence-electron chi connectivity index (χ0n) is 16.5. The van der Waals surface area contributed by atoms with Gasteiger partial charge in [-0.25, -0.2) is 14.6 Å². The van der Waals surface area contributed by atoms with Crippen LogP contribution in [0.4, 0.5) is 0 Å². The van der Waals surface area contributed by atoms with E-state index in [2.05, 4.69) is 9.98 Å². The second-order valence-electron chi connectivity index (χ2n) is 6.58. The van der Waals surface area contributed by atoms with E-state index in [0.29, 0.717) is 24.1 Å². The third-order valence-electron chi connectivity index (χ3n) is 4.85. The van der Waals surface area contributed by atoms with E-state index in [1.165, 1.54) is 30.4 Å². The van der Waals surface area contributed by atoms with Crippen molar-refractivity contribution in [2.24, 2.45) is 4.99 Å². The van der Waals surface area contributed by atoms with Crippen molar-refractivity contribution in [2.75, 3.05) is 26.5 Å². The Balaban J connectivity index is 1.59. The number of hydrogen-bond donors (Lipinski definition) is 0. The van der Waals surface area contributed by atoms with Crippen LogP contribution in [0.5, 0.6) is 0 Å². The molecule has 8 nitrogen and oxygen atoms in total. The van der Waals surface area contributed by atoms with Gasteiger partial charge in [-0.2, -0.15) is 0 Å². The molecular weight excluding hydrogens is 424 g/mol. The van der Waals surface area contributed by atoms with Gasteiger partial charge in [-0.1, -0.05) is 22.7 Å². The number of aliphatic imine (C=N–C) groups is 1. The molecule has 0 amide bonds. The topological polar surface area (TPSA) is 84.3 Å². The lowest BCUT2D eigenvalue weighted by Gasteiger charge is -2.27. The second kappa shape index (κ2) is 8.99. The van der Waals surface area contributed by atoms with Crippen LogP contribution in [0.2, 0.25) is 0 Å². The number of benzene rings is 1. The molecule has 0 N–H and O–H groups in total. The number of ether oxygens (including phenoxy) is 1. The summed E-state index contributed by atoms with van der Waals surface area (Å²) in [7, 11) is 1.36. The Bertz CT molecular complexity index is 992. The normalized spacial score (nSPS) is 18.3. The van der Waals surface area contributed by atoms with Crippen LogP contribution in [0.3, 0.4) is 0 Å². The van der Waals surface area contributed by atoms with E-state index in [-0.39, 0.29) is 12.6 Å². The maximum Gasteiger partial charge on any atom is 0.357 e. The highest BCUT2D eigenvalue weighted by atomic mass is 32.2. The van der Waals surface area contributed by atoms with Crippen LogP contribution < -0.4 is 0 Å². The fourth-order valence-electron chi connectivity index (χ4n) is 3.48. The summed E-state index contributed by atoms with van der Waals surface area (Å²) in [5, 5.41) is 2.68. The summed E-state index contributed by atoms with van der Waals surface area (Å²) in [6.07, 6.45) is 4.10. The van der Waals surface area contributed by atoms with Gasteiger partial charge in [0, 0.05) is 30.2 Å². The van der Waals surface area contributed by atoms with Gasteiger partial charge in [0.25, 0.3) is 0 Å². The summed E-state index contributed by atoms with van der Waals surface area (Å²) < 4.78 is 6.55. The molecule has 1 unspecified atom stereocenters. The predicted octanol–water partition coefficient (Wildman–Crippen LogP) is 2.76. The van der Waals surface area contributed by atoms with Crippen molar-refractivity contribution in [3.8, 4) is 0 Å². The third-order valence-corrected chi connectivity index (χ3v) is 6.36. The number of hydrogen-bond acceptors (Lipinski definition) is 10. The third kappa shape index (κ3) is 3.98. The first-order valence-electron chi connectivity index (χ1n) is 9.25. The molecule has 1 aromatic carbocycles. The zero-order valence-corrected chi connectivity index (χ0v) is 18.1. The number of aromatic nitrogens is 1. The molecule has 156 valence electrons. The van der Waals surface area contributed by atoms with Crippen LogP contribution in [0.25, 0.3) is 0 Å². The summed E-state index contributed by atoms with van der Waals surface area (Å²) in [5.41, 5.74) is 1.84. The molecule has 1 aromatic heterocycles. The van der Waals surface area contributed by atoms with Crippen molar-refractivity contribution in [2.45, 2.75) is 12.5 Å². The fraction of sp³-hybridized carbons (Fsp3) is 0.300. The molecule has 2 aliphatic heterocycles. The lowest BCUT2D eigenvalue weighted by Crippen LogP contribution is -2.38. The minimum Gasteiger partial charge on any atom is -0.466 e. The van der Waals surface area contributed by atoms with Crippen molar-refractivity contribution in [1.82, 2.24) is 14.4 Å². The summed E-state index contributed by atoms with van der Waals surface area (Å²) >= 11 is 2.81. The molecule has 2 aliphatic rings.